The lowest BCUT2D eigenvalue weighted by atomic mass is 9.96. The van der Waals surface area contributed by atoms with Crippen molar-refractivity contribution in [1.29, 1.82) is 0 Å². The number of piperidine rings is 1. The molecule has 0 amide bonds. The van der Waals surface area contributed by atoms with Crippen LogP contribution in [0.15, 0.2) is 48.5 Å². The Morgan fingerprint density at radius 1 is 1.15 bits per heavy atom. The van der Waals surface area contributed by atoms with Crippen LogP contribution in [0.5, 0.6) is 0 Å². The van der Waals surface area contributed by atoms with Crippen LogP contribution in [0, 0.1) is 16.0 Å². The van der Waals surface area contributed by atoms with Gasteiger partial charge in [0.05, 0.1) is 4.92 Å². The van der Waals surface area contributed by atoms with Crippen LogP contribution in [0.2, 0.25) is 0 Å². The number of likely N-dealkylation sites (tertiary alicyclic amines) is 1. The molecule has 0 atom stereocenters. The Hall–Kier alpha value is -2.73. The van der Waals surface area contributed by atoms with Gasteiger partial charge >= 0.3 is 0 Å². The van der Waals surface area contributed by atoms with Gasteiger partial charge in [-0.05, 0) is 51.0 Å². The number of ketones is 1. The lowest BCUT2D eigenvalue weighted by Gasteiger charge is -2.32. The Bertz CT molecular complexity index is 815. The first kappa shape index (κ1) is 19.0. The number of carbonyl (C=O) groups is 1. The van der Waals surface area contributed by atoms with E-state index in [0.29, 0.717) is 22.7 Å². The zero-order valence-electron chi connectivity index (χ0n) is 15.8. The summed E-state index contributed by atoms with van der Waals surface area (Å²) in [6.07, 6.45) is 2.19. The second-order valence-corrected chi connectivity index (χ2v) is 7.28. The van der Waals surface area contributed by atoms with Gasteiger partial charge in [0.2, 0.25) is 0 Å². The topological polar surface area (TPSA) is 66.7 Å². The minimum absolute atomic E-state index is 0.0211. The van der Waals surface area contributed by atoms with Crippen LogP contribution in [0.3, 0.4) is 0 Å². The molecule has 0 saturated carbocycles. The number of nitro groups is 1. The van der Waals surface area contributed by atoms with Gasteiger partial charge in [-0.1, -0.05) is 30.3 Å². The fourth-order valence-corrected chi connectivity index (χ4v) is 3.62. The average molecular weight is 367 g/mol. The minimum atomic E-state index is -0.401. The van der Waals surface area contributed by atoms with Crippen molar-refractivity contribution in [2.24, 2.45) is 5.92 Å². The molecule has 6 heteroatoms. The number of anilines is 1. The van der Waals surface area contributed by atoms with Crippen LogP contribution >= 0.6 is 0 Å². The maximum Gasteiger partial charge on any atom is 0.293 e. The molecule has 0 radical (unpaired) electrons. The van der Waals surface area contributed by atoms with Gasteiger partial charge in [0, 0.05) is 30.8 Å². The number of nitro benzene ring substituents is 1. The number of rotatable bonds is 6. The van der Waals surface area contributed by atoms with Gasteiger partial charge in [-0.3, -0.25) is 14.9 Å². The molecule has 3 rings (SSSR count). The Balaban J connectivity index is 1.81. The van der Waals surface area contributed by atoms with Gasteiger partial charge in [-0.15, -0.1) is 0 Å². The SMILES string of the molecule is CN1CCC(CN(C)c2ccc(C(=O)c3ccccc3)cc2[N+](=O)[O-])CC1. The molecule has 0 aromatic heterocycles. The third kappa shape index (κ3) is 4.52. The molecule has 0 aliphatic carbocycles. The molecule has 0 bridgehead atoms. The molecule has 2 aromatic rings. The highest BCUT2D eigenvalue weighted by Gasteiger charge is 2.24. The highest BCUT2D eigenvalue weighted by Crippen LogP contribution is 2.31. The summed E-state index contributed by atoms with van der Waals surface area (Å²) in [4.78, 5) is 28.1. The molecule has 27 heavy (non-hydrogen) atoms. The molecular formula is C21H25N3O3. The molecule has 142 valence electrons. The number of hydrogen-bond acceptors (Lipinski definition) is 5. The van der Waals surface area contributed by atoms with Crippen molar-refractivity contribution in [3.63, 3.8) is 0 Å². The van der Waals surface area contributed by atoms with Gasteiger partial charge in [0.1, 0.15) is 5.69 Å². The first-order valence-electron chi connectivity index (χ1n) is 9.23. The summed E-state index contributed by atoms with van der Waals surface area (Å²) in [5.41, 5.74) is 1.40. The fourth-order valence-electron chi connectivity index (χ4n) is 3.62. The van der Waals surface area contributed by atoms with E-state index in [4.69, 9.17) is 0 Å². The molecule has 1 aliphatic heterocycles. The maximum absolute atomic E-state index is 12.6. The fraction of sp³-hybridized carbons (Fsp3) is 0.381. The largest absolute Gasteiger partial charge is 0.369 e. The number of benzene rings is 2. The third-order valence-corrected chi connectivity index (χ3v) is 5.25. The van der Waals surface area contributed by atoms with E-state index in [2.05, 4.69) is 11.9 Å². The third-order valence-electron chi connectivity index (χ3n) is 5.25. The van der Waals surface area contributed by atoms with Crippen LogP contribution in [-0.2, 0) is 0 Å². The molecular weight excluding hydrogens is 342 g/mol. The van der Waals surface area contributed by atoms with Crippen LogP contribution < -0.4 is 4.90 Å². The average Bonchev–Trinajstić information content (AvgIpc) is 2.69. The molecule has 2 aromatic carbocycles. The highest BCUT2D eigenvalue weighted by atomic mass is 16.6. The number of nitrogens with zero attached hydrogens (tertiary/aromatic N) is 3. The first-order valence-corrected chi connectivity index (χ1v) is 9.23. The summed E-state index contributed by atoms with van der Waals surface area (Å²) in [6, 6.07) is 13.6. The summed E-state index contributed by atoms with van der Waals surface area (Å²) >= 11 is 0. The Morgan fingerprint density at radius 2 is 1.81 bits per heavy atom. The van der Waals surface area contributed by atoms with E-state index < -0.39 is 4.92 Å². The van der Waals surface area contributed by atoms with Gasteiger partial charge in [0.15, 0.2) is 5.78 Å². The van der Waals surface area contributed by atoms with E-state index in [0.717, 1.165) is 32.5 Å². The molecule has 1 heterocycles. The highest BCUT2D eigenvalue weighted by molar-refractivity contribution is 6.09. The zero-order valence-corrected chi connectivity index (χ0v) is 15.8. The molecule has 0 unspecified atom stereocenters. The second kappa shape index (κ2) is 8.31. The van der Waals surface area contributed by atoms with Crippen molar-refractivity contribution in [3.05, 3.63) is 69.8 Å². The summed E-state index contributed by atoms with van der Waals surface area (Å²) in [6.45, 7) is 2.90. The van der Waals surface area contributed by atoms with Crippen LogP contribution in [0.4, 0.5) is 11.4 Å². The van der Waals surface area contributed by atoms with Crippen LogP contribution in [0.1, 0.15) is 28.8 Å². The van der Waals surface area contributed by atoms with Crippen molar-refractivity contribution in [2.45, 2.75) is 12.8 Å². The number of hydrogen-bond donors (Lipinski definition) is 0. The predicted molar refractivity (Wildman–Crippen MR) is 106 cm³/mol. The molecule has 1 saturated heterocycles. The summed E-state index contributed by atoms with van der Waals surface area (Å²) in [5, 5.41) is 11.6. The van der Waals surface area contributed by atoms with Crippen molar-refractivity contribution >= 4 is 17.2 Å². The summed E-state index contributed by atoms with van der Waals surface area (Å²) in [7, 11) is 4.01. The van der Waals surface area contributed by atoms with Gasteiger partial charge in [-0.25, -0.2) is 0 Å². The van der Waals surface area contributed by atoms with Crippen molar-refractivity contribution in [2.75, 3.05) is 38.6 Å². The second-order valence-electron chi connectivity index (χ2n) is 7.28. The van der Waals surface area contributed by atoms with Gasteiger partial charge in [-0.2, -0.15) is 0 Å². The Kier molecular flexibility index (Phi) is 5.86. The lowest BCUT2D eigenvalue weighted by molar-refractivity contribution is -0.384. The molecule has 0 spiro atoms. The molecule has 0 N–H and O–H groups in total. The van der Waals surface area contributed by atoms with E-state index in [9.17, 15) is 14.9 Å². The smallest absolute Gasteiger partial charge is 0.293 e. The van der Waals surface area contributed by atoms with Crippen molar-refractivity contribution in [1.82, 2.24) is 4.90 Å². The van der Waals surface area contributed by atoms with Crippen LogP contribution in [-0.4, -0.2) is 49.3 Å². The zero-order chi connectivity index (χ0) is 19.4. The standard InChI is InChI=1S/C21H25N3O3/c1-22-12-10-16(11-13-22)15-23(2)19-9-8-18(14-20(19)24(26)27)21(25)17-6-4-3-5-7-17/h3-9,14,16H,10-13,15H2,1-2H3. The van der Waals surface area contributed by atoms with E-state index >= 15 is 0 Å². The van der Waals surface area contributed by atoms with E-state index in [1.54, 1.807) is 36.4 Å². The Labute approximate surface area is 159 Å². The van der Waals surface area contributed by atoms with Gasteiger partial charge < -0.3 is 9.80 Å². The monoisotopic (exact) mass is 367 g/mol. The van der Waals surface area contributed by atoms with E-state index in [-0.39, 0.29) is 11.5 Å². The number of carbonyl (C=O) groups excluding carboxylic acids is 1. The first-order chi connectivity index (χ1) is 13.0. The van der Waals surface area contributed by atoms with Crippen molar-refractivity contribution < 1.29 is 9.72 Å². The quantitative estimate of drug-likeness (QED) is 0.443. The normalized spacial score (nSPS) is 15.5. The minimum Gasteiger partial charge on any atom is -0.369 e. The molecule has 6 nitrogen and oxygen atoms in total. The summed E-state index contributed by atoms with van der Waals surface area (Å²) < 4.78 is 0. The van der Waals surface area contributed by atoms with E-state index in [1.165, 1.54) is 6.07 Å². The van der Waals surface area contributed by atoms with E-state index in [1.807, 2.05) is 18.0 Å². The van der Waals surface area contributed by atoms with Crippen molar-refractivity contribution in [3.8, 4) is 0 Å². The summed E-state index contributed by atoms with van der Waals surface area (Å²) in [5.74, 6) is 0.319. The van der Waals surface area contributed by atoms with Gasteiger partial charge in [0.25, 0.3) is 5.69 Å². The molecule has 1 fully saturated rings. The van der Waals surface area contributed by atoms with Crippen LogP contribution in [0.25, 0.3) is 0 Å². The predicted octanol–water partition coefficient (Wildman–Crippen LogP) is 3.60. The lowest BCUT2D eigenvalue weighted by Crippen LogP contribution is -2.35. The molecule has 1 aliphatic rings. The maximum atomic E-state index is 12.6. The Morgan fingerprint density at radius 3 is 2.44 bits per heavy atom.